The van der Waals surface area contributed by atoms with E-state index in [1.165, 1.54) is 34.8 Å². The van der Waals surface area contributed by atoms with Crippen LogP contribution in [-0.2, 0) is 27.7 Å². The van der Waals surface area contributed by atoms with Crippen LogP contribution in [0, 0.1) is 11.7 Å². The smallest absolute Gasteiger partial charge is 0.233 e. The molecule has 48 heavy (non-hydrogen) atoms. The van der Waals surface area contributed by atoms with Crippen LogP contribution in [0.1, 0.15) is 72.9 Å². The lowest BCUT2D eigenvalue weighted by molar-refractivity contribution is -0.131. The number of carbonyl (C=O) groups excluding carboxylic acids is 1. The standard InChI is InChI=1S/C36H47FN2O8S/c1-38(48(2,46)47)21-5-3-4-6-25-7-14-29(15-8-25)39-34(30-16-9-26(22-33(30)43)19-20-36(45,23-40)24-41)31(35(39)44)17-18-32(42)27-10-12-28(37)13-11-27/h7-16,22,31-32,34,40-43,45H,3-6,17-21,23-24H2,1-2H3/t31-,32+,34-/m1/s1. The molecule has 12 heteroatoms. The van der Waals surface area contributed by atoms with Crippen molar-refractivity contribution >= 4 is 21.6 Å². The molecule has 1 fully saturated rings. The van der Waals surface area contributed by atoms with Gasteiger partial charge >= 0.3 is 0 Å². The molecule has 5 N–H and O–H groups in total. The summed E-state index contributed by atoms with van der Waals surface area (Å²) in [4.78, 5) is 15.3. The molecule has 1 heterocycles. The predicted octanol–water partition coefficient (Wildman–Crippen LogP) is 4.00. The van der Waals surface area contributed by atoms with Crippen molar-refractivity contribution in [2.24, 2.45) is 5.92 Å². The normalized spacial score (nSPS) is 17.5. The van der Waals surface area contributed by atoms with Crippen molar-refractivity contribution in [3.05, 3.63) is 94.8 Å². The van der Waals surface area contributed by atoms with Crippen molar-refractivity contribution in [2.75, 3.05) is 38.0 Å². The van der Waals surface area contributed by atoms with Crippen LogP contribution in [-0.4, -0.2) is 82.8 Å². The zero-order valence-corrected chi connectivity index (χ0v) is 28.3. The van der Waals surface area contributed by atoms with Crippen LogP contribution in [0.2, 0.25) is 0 Å². The average molecular weight is 687 g/mol. The first-order valence-electron chi connectivity index (χ1n) is 16.3. The number of halogens is 1. The predicted molar refractivity (Wildman–Crippen MR) is 181 cm³/mol. The molecule has 1 aliphatic rings. The molecular weight excluding hydrogens is 639 g/mol. The van der Waals surface area contributed by atoms with Gasteiger partial charge in [0.05, 0.1) is 37.5 Å². The van der Waals surface area contributed by atoms with Crippen molar-refractivity contribution in [3.63, 3.8) is 0 Å². The summed E-state index contributed by atoms with van der Waals surface area (Å²) < 4.78 is 37.9. The summed E-state index contributed by atoms with van der Waals surface area (Å²) in [6.07, 6.45) is 4.57. The minimum absolute atomic E-state index is 0.0336. The highest BCUT2D eigenvalue weighted by atomic mass is 32.2. The monoisotopic (exact) mass is 686 g/mol. The summed E-state index contributed by atoms with van der Waals surface area (Å²) in [6.45, 7) is -0.723. The van der Waals surface area contributed by atoms with E-state index in [1.54, 1.807) is 30.1 Å². The van der Waals surface area contributed by atoms with Crippen molar-refractivity contribution in [2.45, 2.75) is 69.1 Å². The number of hydrogen-bond donors (Lipinski definition) is 5. The van der Waals surface area contributed by atoms with Gasteiger partial charge in [-0.15, -0.1) is 0 Å². The molecule has 3 atom stereocenters. The van der Waals surface area contributed by atoms with Crippen LogP contribution >= 0.6 is 0 Å². The van der Waals surface area contributed by atoms with E-state index >= 15 is 0 Å². The Bertz CT molecular complexity index is 1610. The Morgan fingerprint density at radius 1 is 0.938 bits per heavy atom. The summed E-state index contributed by atoms with van der Waals surface area (Å²) in [6, 6.07) is 17.8. The van der Waals surface area contributed by atoms with Gasteiger partial charge < -0.3 is 30.4 Å². The number of rotatable bonds is 18. The van der Waals surface area contributed by atoms with E-state index in [-0.39, 0.29) is 24.5 Å². The Balaban J connectivity index is 1.48. The number of carbonyl (C=O) groups is 1. The highest BCUT2D eigenvalue weighted by Gasteiger charge is 2.49. The second-order valence-corrected chi connectivity index (χ2v) is 15.0. The summed E-state index contributed by atoms with van der Waals surface area (Å²) in [7, 11) is -1.62. The molecular formula is C36H47FN2O8S. The Hall–Kier alpha value is -3.39. The molecule has 10 nitrogen and oxygen atoms in total. The quantitative estimate of drug-likeness (QED) is 0.0993. The van der Waals surface area contributed by atoms with E-state index in [0.29, 0.717) is 41.8 Å². The number of aromatic hydroxyl groups is 1. The van der Waals surface area contributed by atoms with Crippen LogP contribution in [0.25, 0.3) is 0 Å². The summed E-state index contributed by atoms with van der Waals surface area (Å²) in [5.41, 5.74) is 1.87. The van der Waals surface area contributed by atoms with E-state index in [9.17, 15) is 43.1 Å². The fourth-order valence-corrected chi connectivity index (χ4v) is 6.53. The van der Waals surface area contributed by atoms with E-state index < -0.39 is 52.7 Å². The molecule has 3 aromatic rings. The fourth-order valence-electron chi connectivity index (χ4n) is 6.07. The van der Waals surface area contributed by atoms with E-state index in [4.69, 9.17) is 0 Å². The van der Waals surface area contributed by atoms with Gasteiger partial charge in [0, 0.05) is 24.8 Å². The molecule has 0 radical (unpaired) electrons. The number of anilines is 1. The number of hydrogen-bond acceptors (Lipinski definition) is 8. The fraction of sp³-hybridized carbons (Fsp3) is 0.472. The first-order valence-corrected chi connectivity index (χ1v) is 18.1. The van der Waals surface area contributed by atoms with E-state index in [2.05, 4.69) is 0 Å². The summed E-state index contributed by atoms with van der Waals surface area (Å²) >= 11 is 0. The lowest BCUT2D eigenvalue weighted by Crippen LogP contribution is -2.55. The zero-order chi connectivity index (χ0) is 35.1. The van der Waals surface area contributed by atoms with E-state index in [0.717, 1.165) is 31.2 Å². The Morgan fingerprint density at radius 2 is 1.58 bits per heavy atom. The highest BCUT2D eigenvalue weighted by molar-refractivity contribution is 7.88. The molecule has 262 valence electrons. The molecule has 0 spiro atoms. The van der Waals surface area contributed by atoms with Crippen LogP contribution in [0.4, 0.5) is 10.1 Å². The Kier molecular flexibility index (Phi) is 12.7. The number of unbranched alkanes of at least 4 members (excludes halogenated alkanes) is 2. The minimum Gasteiger partial charge on any atom is -0.508 e. The molecule has 0 unspecified atom stereocenters. The van der Waals surface area contributed by atoms with Gasteiger partial charge in [0.25, 0.3) is 0 Å². The van der Waals surface area contributed by atoms with Crippen LogP contribution in [0.15, 0.2) is 66.7 Å². The number of benzene rings is 3. The largest absolute Gasteiger partial charge is 0.508 e. The molecule has 1 saturated heterocycles. The first-order chi connectivity index (χ1) is 22.8. The van der Waals surface area contributed by atoms with Gasteiger partial charge in [-0.3, -0.25) is 4.79 Å². The molecule has 0 aromatic heterocycles. The Labute approximate surface area is 282 Å². The molecule has 0 bridgehead atoms. The lowest BCUT2D eigenvalue weighted by atomic mass is 9.77. The van der Waals surface area contributed by atoms with Gasteiger partial charge in [-0.05, 0) is 92.0 Å². The molecule has 1 aliphatic heterocycles. The number of nitrogens with zero attached hydrogens (tertiary/aromatic N) is 2. The summed E-state index contributed by atoms with van der Waals surface area (Å²) in [5.74, 6) is -1.12. The molecule has 0 aliphatic carbocycles. The molecule has 1 amide bonds. The third kappa shape index (κ3) is 9.40. The van der Waals surface area contributed by atoms with Gasteiger partial charge in [-0.2, -0.15) is 0 Å². The number of aryl methyl sites for hydroxylation is 2. The van der Waals surface area contributed by atoms with Crippen molar-refractivity contribution in [1.29, 1.82) is 0 Å². The summed E-state index contributed by atoms with van der Waals surface area (Å²) in [5, 5.41) is 51.0. The number of phenols is 1. The average Bonchev–Trinajstić information content (AvgIpc) is 3.06. The van der Waals surface area contributed by atoms with Gasteiger partial charge in [0.2, 0.25) is 15.9 Å². The minimum atomic E-state index is -3.19. The van der Waals surface area contributed by atoms with Crippen molar-refractivity contribution in [1.82, 2.24) is 4.31 Å². The van der Waals surface area contributed by atoms with Gasteiger partial charge in [0.1, 0.15) is 17.2 Å². The van der Waals surface area contributed by atoms with Crippen LogP contribution in [0.3, 0.4) is 0 Å². The van der Waals surface area contributed by atoms with Crippen molar-refractivity contribution < 1.29 is 43.1 Å². The number of amides is 1. The molecule has 3 aromatic carbocycles. The third-order valence-corrected chi connectivity index (χ3v) is 10.6. The topological polar surface area (TPSA) is 159 Å². The number of aliphatic hydroxyl groups is 4. The second kappa shape index (κ2) is 16.3. The van der Waals surface area contributed by atoms with Crippen LogP contribution < -0.4 is 4.90 Å². The van der Waals surface area contributed by atoms with Crippen LogP contribution in [0.5, 0.6) is 5.75 Å². The molecule has 4 rings (SSSR count). The van der Waals surface area contributed by atoms with E-state index in [1.807, 2.05) is 24.3 Å². The van der Waals surface area contributed by atoms with Gasteiger partial charge in [-0.25, -0.2) is 17.1 Å². The van der Waals surface area contributed by atoms with Gasteiger partial charge in [0.15, 0.2) is 0 Å². The number of sulfonamides is 1. The third-order valence-electron chi connectivity index (χ3n) is 9.32. The maximum Gasteiger partial charge on any atom is 0.233 e. The van der Waals surface area contributed by atoms with Gasteiger partial charge in [-0.1, -0.05) is 42.8 Å². The lowest BCUT2D eigenvalue weighted by Gasteiger charge is -2.48. The maximum atomic E-state index is 13.6. The molecule has 0 saturated carbocycles. The Morgan fingerprint density at radius 3 is 2.19 bits per heavy atom. The number of aliphatic hydroxyl groups excluding tert-OH is 3. The SMILES string of the molecule is CN(CCCCCc1ccc(N2C(=O)[C@H](CC[C@H](O)c3ccc(F)cc3)[C@H]2c2ccc(CCC(O)(CO)CO)cc2O)cc1)S(C)(=O)=O. The first kappa shape index (κ1) is 37.4. The number of β-lactam (4-membered cyclic amide) rings is 1. The maximum absolute atomic E-state index is 13.6. The second-order valence-electron chi connectivity index (χ2n) is 12.9. The zero-order valence-electron chi connectivity index (χ0n) is 27.5. The highest BCUT2D eigenvalue weighted by Crippen LogP contribution is 2.48. The number of phenolic OH excluding ortho intramolecular Hbond substituents is 1. The van der Waals surface area contributed by atoms with Crippen molar-refractivity contribution in [3.8, 4) is 5.75 Å².